The minimum Gasteiger partial charge on any atom is -0.349 e. The van der Waals surface area contributed by atoms with Crippen molar-refractivity contribution >= 4 is 22.6 Å². The first kappa shape index (κ1) is 13.3. The number of aromatic nitrogens is 2. The van der Waals surface area contributed by atoms with Crippen molar-refractivity contribution in [2.75, 3.05) is 18.4 Å². The number of likely N-dealkylation sites (tertiary alicyclic amines) is 1. The van der Waals surface area contributed by atoms with Crippen LogP contribution in [0.2, 0.25) is 0 Å². The zero-order valence-corrected chi connectivity index (χ0v) is 11.8. The predicted octanol–water partition coefficient (Wildman–Crippen LogP) is 1.91. The van der Waals surface area contributed by atoms with E-state index in [9.17, 15) is 4.79 Å². The van der Waals surface area contributed by atoms with Gasteiger partial charge in [-0.15, -0.1) is 0 Å². The van der Waals surface area contributed by atoms with E-state index in [0.29, 0.717) is 0 Å². The second kappa shape index (κ2) is 6.13. The van der Waals surface area contributed by atoms with E-state index < -0.39 is 0 Å². The summed E-state index contributed by atoms with van der Waals surface area (Å²) in [6.07, 6.45) is 4.31. The number of anilines is 1. The van der Waals surface area contributed by atoms with Gasteiger partial charge in [0.15, 0.2) is 0 Å². The van der Waals surface area contributed by atoms with Crippen molar-refractivity contribution in [3.63, 3.8) is 0 Å². The van der Waals surface area contributed by atoms with Crippen LogP contribution in [0.3, 0.4) is 0 Å². The van der Waals surface area contributed by atoms with Crippen molar-refractivity contribution in [3.8, 4) is 0 Å². The average Bonchev–Trinajstić information content (AvgIpc) is 2.86. The number of carbonyl (C=O) groups is 1. The smallest absolute Gasteiger partial charge is 0.244 e. The van der Waals surface area contributed by atoms with E-state index in [1.54, 1.807) is 0 Å². The molecule has 2 rings (SSSR count). The van der Waals surface area contributed by atoms with Crippen LogP contribution in [0.5, 0.6) is 0 Å². The summed E-state index contributed by atoms with van der Waals surface area (Å²) >= 11 is 1.32. The first-order chi connectivity index (χ1) is 8.70. The molecule has 1 amide bonds. The normalized spacial score (nSPS) is 17.6. The van der Waals surface area contributed by atoms with Crippen LogP contribution in [0.15, 0.2) is 0 Å². The summed E-state index contributed by atoms with van der Waals surface area (Å²) in [5.41, 5.74) is 0. The Hall–Kier alpha value is -1.17. The van der Waals surface area contributed by atoms with Gasteiger partial charge in [-0.25, -0.2) is 4.98 Å². The summed E-state index contributed by atoms with van der Waals surface area (Å²) in [4.78, 5) is 18.5. The Balaban J connectivity index is 1.89. The fraction of sp³-hybridized carbons (Fsp3) is 0.750. The van der Waals surface area contributed by atoms with Crippen LogP contribution in [0.4, 0.5) is 5.13 Å². The molecule has 1 saturated heterocycles. The third-order valence-corrected chi connectivity index (χ3v) is 3.85. The van der Waals surface area contributed by atoms with Crippen molar-refractivity contribution in [1.29, 1.82) is 0 Å². The zero-order chi connectivity index (χ0) is 13.0. The minimum atomic E-state index is -0.222. The van der Waals surface area contributed by atoms with Crippen molar-refractivity contribution in [2.24, 2.45) is 0 Å². The molecule has 5 nitrogen and oxygen atoms in total. The minimum absolute atomic E-state index is 0.169. The molecule has 0 radical (unpaired) electrons. The van der Waals surface area contributed by atoms with Crippen molar-refractivity contribution in [2.45, 2.75) is 45.6 Å². The van der Waals surface area contributed by atoms with Gasteiger partial charge >= 0.3 is 0 Å². The molecule has 0 bridgehead atoms. The van der Waals surface area contributed by atoms with Gasteiger partial charge in [0.25, 0.3) is 0 Å². The molecule has 1 aromatic rings. The van der Waals surface area contributed by atoms with E-state index in [1.807, 2.05) is 18.7 Å². The Morgan fingerprint density at radius 1 is 1.44 bits per heavy atom. The number of carbonyl (C=O) groups excluding carboxylic acids is 1. The third-order valence-electron chi connectivity index (χ3n) is 3.16. The number of rotatable bonds is 4. The summed E-state index contributed by atoms with van der Waals surface area (Å²) in [6.45, 7) is 5.69. The van der Waals surface area contributed by atoms with Crippen LogP contribution in [0.1, 0.15) is 38.9 Å². The van der Waals surface area contributed by atoms with E-state index in [-0.39, 0.29) is 11.9 Å². The Kier molecular flexibility index (Phi) is 4.52. The number of nitrogens with one attached hydrogen (secondary N) is 1. The molecule has 0 spiro atoms. The summed E-state index contributed by atoms with van der Waals surface area (Å²) in [7, 11) is 0. The fourth-order valence-corrected chi connectivity index (χ4v) is 2.83. The van der Waals surface area contributed by atoms with Crippen LogP contribution in [0, 0.1) is 0 Å². The van der Waals surface area contributed by atoms with Crippen molar-refractivity contribution in [1.82, 2.24) is 14.3 Å². The quantitative estimate of drug-likeness (QED) is 0.906. The highest BCUT2D eigenvalue weighted by molar-refractivity contribution is 7.09. The second-order valence-electron chi connectivity index (χ2n) is 4.62. The highest BCUT2D eigenvalue weighted by atomic mass is 32.1. The molecule has 0 saturated carbocycles. The number of amides is 1. The van der Waals surface area contributed by atoms with Crippen molar-refractivity contribution in [3.05, 3.63) is 5.82 Å². The molecule has 100 valence electrons. The number of aryl methyl sites for hydroxylation is 1. The van der Waals surface area contributed by atoms with Gasteiger partial charge in [0.1, 0.15) is 11.9 Å². The van der Waals surface area contributed by atoms with Crippen LogP contribution in [0.25, 0.3) is 0 Å². The van der Waals surface area contributed by atoms with E-state index >= 15 is 0 Å². The number of piperidine rings is 1. The number of hydrogen-bond acceptors (Lipinski definition) is 5. The fourth-order valence-electron chi connectivity index (χ4n) is 2.09. The lowest BCUT2D eigenvalue weighted by atomic mass is 10.1. The van der Waals surface area contributed by atoms with Gasteiger partial charge in [0.2, 0.25) is 11.0 Å². The first-order valence-electron chi connectivity index (χ1n) is 6.58. The highest BCUT2D eigenvalue weighted by Gasteiger charge is 2.22. The molecule has 1 aromatic heterocycles. The molecule has 18 heavy (non-hydrogen) atoms. The first-order valence-corrected chi connectivity index (χ1v) is 7.36. The van der Waals surface area contributed by atoms with E-state index in [4.69, 9.17) is 0 Å². The molecule has 1 atom stereocenters. The molecule has 1 fully saturated rings. The van der Waals surface area contributed by atoms with Crippen LogP contribution < -0.4 is 5.32 Å². The van der Waals surface area contributed by atoms with Gasteiger partial charge in [-0.05, 0) is 26.2 Å². The molecule has 1 aliphatic heterocycles. The van der Waals surface area contributed by atoms with Gasteiger partial charge in [0.05, 0.1) is 0 Å². The summed E-state index contributed by atoms with van der Waals surface area (Å²) in [6, 6.07) is -0.222. The molecular weight excluding hydrogens is 248 g/mol. The second-order valence-corrected chi connectivity index (χ2v) is 5.37. The Morgan fingerprint density at radius 3 is 2.78 bits per heavy atom. The Labute approximate surface area is 112 Å². The molecule has 2 heterocycles. The molecule has 1 unspecified atom stereocenters. The van der Waals surface area contributed by atoms with E-state index in [2.05, 4.69) is 14.7 Å². The van der Waals surface area contributed by atoms with Gasteiger partial charge in [-0.2, -0.15) is 4.37 Å². The van der Waals surface area contributed by atoms with E-state index in [1.165, 1.54) is 18.0 Å². The van der Waals surface area contributed by atoms with E-state index in [0.717, 1.165) is 43.3 Å². The van der Waals surface area contributed by atoms with Gasteiger partial charge in [-0.1, -0.05) is 6.92 Å². The van der Waals surface area contributed by atoms with Gasteiger partial charge in [0, 0.05) is 31.0 Å². The summed E-state index contributed by atoms with van der Waals surface area (Å²) in [5, 5.41) is 3.89. The topological polar surface area (TPSA) is 58.1 Å². The molecule has 1 aliphatic rings. The predicted molar refractivity (Wildman–Crippen MR) is 72.8 cm³/mol. The largest absolute Gasteiger partial charge is 0.349 e. The number of nitrogens with zero attached hydrogens (tertiary/aromatic N) is 3. The lowest BCUT2D eigenvalue weighted by molar-refractivity contribution is -0.132. The number of hydrogen-bond donors (Lipinski definition) is 1. The lowest BCUT2D eigenvalue weighted by Crippen LogP contribution is -2.43. The standard InChI is InChI=1S/C12H20N4OS/c1-3-10-14-12(18-15-10)13-9(2)11(17)16-7-5-4-6-8-16/h9H,3-8H2,1-2H3,(H,13,14,15). The van der Waals surface area contributed by atoms with Gasteiger partial charge < -0.3 is 10.2 Å². The Morgan fingerprint density at radius 2 is 2.17 bits per heavy atom. The van der Waals surface area contributed by atoms with Gasteiger partial charge in [-0.3, -0.25) is 4.79 Å². The van der Waals surface area contributed by atoms with Crippen LogP contribution in [-0.2, 0) is 11.2 Å². The van der Waals surface area contributed by atoms with Crippen molar-refractivity contribution < 1.29 is 4.79 Å². The van der Waals surface area contributed by atoms with Crippen LogP contribution >= 0.6 is 11.5 Å². The maximum Gasteiger partial charge on any atom is 0.244 e. The zero-order valence-electron chi connectivity index (χ0n) is 11.0. The maximum atomic E-state index is 12.2. The summed E-state index contributed by atoms with van der Waals surface area (Å²) in [5.74, 6) is 1.00. The SMILES string of the molecule is CCc1nsc(NC(C)C(=O)N2CCCCC2)n1. The third kappa shape index (κ3) is 3.19. The Bertz CT molecular complexity index is 401. The molecule has 0 aliphatic carbocycles. The summed E-state index contributed by atoms with van der Waals surface area (Å²) < 4.78 is 4.20. The van der Waals surface area contributed by atoms with Crippen LogP contribution in [-0.4, -0.2) is 39.3 Å². The monoisotopic (exact) mass is 268 g/mol. The average molecular weight is 268 g/mol. The maximum absolute atomic E-state index is 12.2. The lowest BCUT2D eigenvalue weighted by Gasteiger charge is -2.29. The molecule has 0 aromatic carbocycles. The molecule has 6 heteroatoms. The molecular formula is C12H20N4OS. The highest BCUT2D eigenvalue weighted by Crippen LogP contribution is 2.15. The molecule has 1 N–H and O–H groups in total.